The third-order valence-corrected chi connectivity index (χ3v) is 7.23. The summed E-state index contributed by atoms with van der Waals surface area (Å²) in [6.45, 7) is 2.05. The van der Waals surface area contributed by atoms with Crippen molar-refractivity contribution in [1.82, 2.24) is 0 Å². The Hall–Kier alpha value is -1.79. The van der Waals surface area contributed by atoms with Crippen LogP contribution in [0.4, 0.5) is 5.69 Å². The fraction of sp³-hybridized carbons (Fsp3) is 0.350. The second kappa shape index (κ2) is 8.27. The Labute approximate surface area is 159 Å². The third-order valence-electron chi connectivity index (χ3n) is 4.49. The number of carbonyl (C=O) groups excluding carboxylic acids is 1. The molecule has 1 aliphatic rings. The molecule has 2 aromatic carbocycles. The zero-order valence-corrected chi connectivity index (χ0v) is 16.4. The second-order valence-corrected chi connectivity index (χ2v) is 9.85. The largest absolute Gasteiger partial charge is 0.308 e. The average molecular weight is 390 g/mol. The molecule has 6 heteroatoms. The molecule has 2 aromatic rings. The van der Waals surface area contributed by atoms with Gasteiger partial charge in [0.15, 0.2) is 9.84 Å². The highest BCUT2D eigenvalue weighted by atomic mass is 32.2. The minimum Gasteiger partial charge on any atom is -0.308 e. The Morgan fingerprint density at radius 3 is 2.42 bits per heavy atom. The number of aryl methyl sites for hydroxylation is 1. The lowest BCUT2D eigenvalue weighted by atomic mass is 10.2. The van der Waals surface area contributed by atoms with Crippen LogP contribution in [0.15, 0.2) is 54.6 Å². The quantitative estimate of drug-likeness (QED) is 0.759. The number of hydrogen-bond donors (Lipinski definition) is 0. The molecule has 1 aliphatic heterocycles. The Morgan fingerprint density at radius 2 is 1.81 bits per heavy atom. The van der Waals surface area contributed by atoms with Crippen LogP contribution < -0.4 is 4.90 Å². The highest BCUT2D eigenvalue weighted by Gasteiger charge is 2.35. The summed E-state index contributed by atoms with van der Waals surface area (Å²) in [5.74, 6) is 1.27. The van der Waals surface area contributed by atoms with E-state index in [1.807, 2.05) is 37.3 Å². The van der Waals surface area contributed by atoms with Gasteiger partial charge in [-0.25, -0.2) is 8.42 Å². The summed E-state index contributed by atoms with van der Waals surface area (Å²) in [6.07, 6.45) is 0.506. The summed E-state index contributed by atoms with van der Waals surface area (Å²) in [6, 6.07) is 17.4. The van der Waals surface area contributed by atoms with Gasteiger partial charge >= 0.3 is 0 Å². The molecule has 1 atom stereocenters. The molecule has 1 amide bonds. The molecule has 0 radical (unpaired) electrons. The molecular weight excluding hydrogens is 366 g/mol. The summed E-state index contributed by atoms with van der Waals surface area (Å²) >= 11 is 1.56. The zero-order valence-electron chi connectivity index (χ0n) is 14.8. The van der Waals surface area contributed by atoms with Gasteiger partial charge < -0.3 is 4.90 Å². The van der Waals surface area contributed by atoms with Crippen LogP contribution >= 0.6 is 11.8 Å². The fourth-order valence-corrected chi connectivity index (χ4v) is 5.68. The number of carbonyl (C=O) groups is 1. The molecule has 3 rings (SSSR count). The number of hydrogen-bond acceptors (Lipinski definition) is 4. The first-order valence-electron chi connectivity index (χ1n) is 8.65. The van der Waals surface area contributed by atoms with E-state index in [0.29, 0.717) is 12.2 Å². The predicted molar refractivity (Wildman–Crippen MR) is 108 cm³/mol. The van der Waals surface area contributed by atoms with Gasteiger partial charge in [0.2, 0.25) is 5.91 Å². The zero-order chi connectivity index (χ0) is 18.6. The van der Waals surface area contributed by atoms with E-state index in [1.54, 1.807) is 16.7 Å². The van der Waals surface area contributed by atoms with Crippen molar-refractivity contribution in [3.63, 3.8) is 0 Å². The Bertz CT molecular complexity index is 848. The highest BCUT2D eigenvalue weighted by Crippen LogP contribution is 2.26. The maximum atomic E-state index is 12.9. The predicted octanol–water partition coefficient (Wildman–Crippen LogP) is 3.45. The van der Waals surface area contributed by atoms with Gasteiger partial charge in [0.1, 0.15) is 0 Å². The van der Waals surface area contributed by atoms with Crippen molar-refractivity contribution in [2.45, 2.75) is 25.1 Å². The van der Waals surface area contributed by atoms with Crippen LogP contribution in [0.25, 0.3) is 0 Å². The van der Waals surface area contributed by atoms with Crippen LogP contribution in [0, 0.1) is 6.92 Å². The van der Waals surface area contributed by atoms with Gasteiger partial charge in [0, 0.05) is 11.4 Å². The maximum absolute atomic E-state index is 12.9. The summed E-state index contributed by atoms with van der Waals surface area (Å²) < 4.78 is 23.8. The van der Waals surface area contributed by atoms with Crippen molar-refractivity contribution in [3.8, 4) is 0 Å². The first-order chi connectivity index (χ1) is 12.4. The Kier molecular flexibility index (Phi) is 6.04. The molecule has 1 saturated heterocycles. The third kappa shape index (κ3) is 4.89. The van der Waals surface area contributed by atoms with Gasteiger partial charge in [-0.15, -0.1) is 11.8 Å². The van der Waals surface area contributed by atoms with E-state index in [2.05, 4.69) is 24.3 Å². The van der Waals surface area contributed by atoms with Gasteiger partial charge in [-0.2, -0.15) is 0 Å². The molecule has 0 saturated carbocycles. The van der Waals surface area contributed by atoms with E-state index < -0.39 is 9.84 Å². The fourth-order valence-electron chi connectivity index (χ4n) is 3.14. The number of rotatable bonds is 6. The molecule has 4 nitrogen and oxygen atoms in total. The second-order valence-electron chi connectivity index (χ2n) is 6.63. The first kappa shape index (κ1) is 19.0. The monoisotopic (exact) mass is 389 g/mol. The van der Waals surface area contributed by atoms with Gasteiger partial charge in [0.25, 0.3) is 0 Å². The van der Waals surface area contributed by atoms with Crippen molar-refractivity contribution in [3.05, 3.63) is 65.7 Å². The van der Waals surface area contributed by atoms with Crippen molar-refractivity contribution >= 4 is 33.2 Å². The van der Waals surface area contributed by atoms with E-state index in [4.69, 9.17) is 0 Å². The minimum absolute atomic E-state index is 0.0320. The molecule has 0 unspecified atom stereocenters. The minimum atomic E-state index is -3.05. The highest BCUT2D eigenvalue weighted by molar-refractivity contribution is 7.99. The lowest BCUT2D eigenvalue weighted by Gasteiger charge is -2.28. The van der Waals surface area contributed by atoms with Crippen LogP contribution in [0.3, 0.4) is 0 Å². The van der Waals surface area contributed by atoms with Crippen molar-refractivity contribution in [2.75, 3.05) is 22.2 Å². The molecule has 0 N–H and O–H groups in total. The van der Waals surface area contributed by atoms with Crippen LogP contribution in [-0.2, 0) is 20.4 Å². The van der Waals surface area contributed by atoms with Crippen LogP contribution in [0.1, 0.15) is 17.5 Å². The lowest BCUT2D eigenvalue weighted by molar-refractivity contribution is -0.116. The average Bonchev–Trinajstić information content (AvgIpc) is 2.97. The topological polar surface area (TPSA) is 54.5 Å². The van der Waals surface area contributed by atoms with Crippen molar-refractivity contribution < 1.29 is 13.2 Å². The molecule has 138 valence electrons. The number of para-hydroxylation sites is 1. The van der Waals surface area contributed by atoms with Crippen molar-refractivity contribution in [1.29, 1.82) is 0 Å². The number of benzene rings is 2. The molecule has 0 bridgehead atoms. The molecule has 1 fully saturated rings. The summed E-state index contributed by atoms with van der Waals surface area (Å²) in [7, 11) is -3.05. The molecule has 0 aliphatic carbocycles. The molecular formula is C20H23NO3S2. The van der Waals surface area contributed by atoms with Crippen LogP contribution in [-0.4, -0.2) is 37.6 Å². The number of nitrogens with zero attached hydrogens (tertiary/aromatic N) is 1. The summed E-state index contributed by atoms with van der Waals surface area (Å²) in [5, 5.41) is 0. The normalized spacial score (nSPS) is 18.6. The van der Waals surface area contributed by atoms with Gasteiger partial charge in [-0.3, -0.25) is 4.79 Å². The van der Waals surface area contributed by atoms with Crippen LogP contribution in [0.2, 0.25) is 0 Å². The van der Waals surface area contributed by atoms with E-state index in [-0.39, 0.29) is 23.5 Å². The Balaban J connectivity index is 1.68. The van der Waals surface area contributed by atoms with Crippen molar-refractivity contribution in [2.24, 2.45) is 0 Å². The first-order valence-corrected chi connectivity index (χ1v) is 11.6. The smallest absolute Gasteiger partial charge is 0.237 e. The number of amides is 1. The van der Waals surface area contributed by atoms with E-state index >= 15 is 0 Å². The molecule has 0 aromatic heterocycles. The molecule has 1 heterocycles. The number of anilines is 1. The Morgan fingerprint density at radius 1 is 1.12 bits per heavy atom. The van der Waals surface area contributed by atoms with Crippen LogP contribution in [0.5, 0.6) is 0 Å². The standard InChI is InChI=1S/C20H23NO3S2/c1-16-7-9-17(10-8-16)13-25-14-20(22)21(18-5-3-2-4-6-18)19-11-12-26(23,24)15-19/h2-10,19H,11-15H2,1H3/t19-/m1/s1. The van der Waals surface area contributed by atoms with Gasteiger partial charge in [-0.05, 0) is 31.0 Å². The number of sulfone groups is 1. The molecule has 0 spiro atoms. The maximum Gasteiger partial charge on any atom is 0.237 e. The lowest BCUT2D eigenvalue weighted by Crippen LogP contribution is -2.42. The summed E-state index contributed by atoms with van der Waals surface area (Å²) in [4.78, 5) is 14.6. The van der Waals surface area contributed by atoms with E-state index in [1.165, 1.54) is 11.1 Å². The van der Waals surface area contributed by atoms with Gasteiger partial charge in [-0.1, -0.05) is 48.0 Å². The van der Waals surface area contributed by atoms with E-state index in [0.717, 1.165) is 11.4 Å². The van der Waals surface area contributed by atoms with E-state index in [9.17, 15) is 13.2 Å². The van der Waals surface area contributed by atoms with Gasteiger partial charge in [0.05, 0.1) is 23.3 Å². The molecule has 26 heavy (non-hydrogen) atoms. The summed E-state index contributed by atoms with van der Waals surface area (Å²) in [5.41, 5.74) is 3.17. The number of thioether (sulfide) groups is 1. The SMILES string of the molecule is Cc1ccc(CSCC(=O)N(c2ccccc2)[C@@H]2CCS(=O)(=O)C2)cc1.